The number of amides is 1. The number of hydrogen-bond acceptors (Lipinski definition) is 3. The summed E-state index contributed by atoms with van der Waals surface area (Å²) >= 11 is 12.1. The first-order chi connectivity index (χ1) is 14.3. The number of hydrogen-bond donors (Lipinski definition) is 2. The topological polar surface area (TPSA) is 61.0 Å². The van der Waals surface area contributed by atoms with Gasteiger partial charge in [-0.25, -0.2) is 4.39 Å². The lowest BCUT2D eigenvalue weighted by Gasteiger charge is -2.24. The maximum atomic E-state index is 13.1. The number of nitrogens with one attached hydrogen (secondary N) is 2. The minimum Gasteiger partial charge on any atom is -0.323 e. The molecule has 0 aliphatic rings. The highest BCUT2D eigenvalue weighted by Crippen LogP contribution is 2.29. The van der Waals surface area contributed by atoms with E-state index in [1.807, 2.05) is 24.9 Å². The van der Waals surface area contributed by atoms with Crippen LogP contribution in [-0.2, 0) is 11.2 Å². The van der Waals surface area contributed by atoms with E-state index in [4.69, 9.17) is 23.2 Å². The minimum atomic E-state index is -0.336. The van der Waals surface area contributed by atoms with Crippen LogP contribution in [0.3, 0.4) is 0 Å². The second-order valence-corrected chi connectivity index (χ2v) is 7.92. The maximum Gasteiger partial charge on any atom is 0.241 e. The molecule has 2 aromatic carbocycles. The van der Waals surface area contributed by atoms with Gasteiger partial charge in [-0.3, -0.25) is 14.8 Å². The van der Waals surface area contributed by atoms with Crippen LogP contribution in [0.1, 0.15) is 19.0 Å². The molecule has 2 N–H and O–H groups in total. The van der Waals surface area contributed by atoms with Gasteiger partial charge in [0.25, 0.3) is 0 Å². The van der Waals surface area contributed by atoms with Gasteiger partial charge in [-0.15, -0.1) is 0 Å². The van der Waals surface area contributed by atoms with Crippen molar-refractivity contribution in [1.82, 2.24) is 15.1 Å². The van der Waals surface area contributed by atoms with E-state index in [1.54, 1.807) is 30.3 Å². The van der Waals surface area contributed by atoms with Crippen molar-refractivity contribution in [2.24, 2.45) is 0 Å². The second kappa shape index (κ2) is 10.1. The van der Waals surface area contributed by atoms with Crippen molar-refractivity contribution in [3.8, 4) is 11.3 Å². The lowest BCUT2D eigenvalue weighted by Crippen LogP contribution is -2.40. The quantitative estimate of drug-likeness (QED) is 0.483. The van der Waals surface area contributed by atoms with E-state index in [2.05, 4.69) is 15.5 Å². The predicted molar refractivity (Wildman–Crippen MR) is 119 cm³/mol. The van der Waals surface area contributed by atoms with Crippen LogP contribution in [0.2, 0.25) is 10.0 Å². The summed E-state index contributed by atoms with van der Waals surface area (Å²) in [6.45, 7) is 2.57. The Bertz CT molecular complexity index is 1010. The molecule has 0 spiro atoms. The average molecular weight is 449 g/mol. The largest absolute Gasteiger partial charge is 0.323 e. The van der Waals surface area contributed by atoms with Crippen molar-refractivity contribution in [3.63, 3.8) is 0 Å². The fraction of sp³-hybridized carbons (Fsp3) is 0.273. The van der Waals surface area contributed by atoms with E-state index >= 15 is 0 Å². The number of H-pyrrole nitrogens is 1. The molecule has 8 heteroatoms. The summed E-state index contributed by atoms with van der Waals surface area (Å²) in [5.74, 6) is -0.421. The van der Waals surface area contributed by atoms with Crippen molar-refractivity contribution in [2.75, 3.05) is 18.9 Å². The summed E-state index contributed by atoms with van der Waals surface area (Å²) in [5.41, 5.74) is 3.14. The highest BCUT2D eigenvalue weighted by atomic mass is 35.5. The molecule has 3 aromatic rings. The zero-order chi connectivity index (χ0) is 21.7. The summed E-state index contributed by atoms with van der Waals surface area (Å²) in [4.78, 5) is 14.5. The van der Waals surface area contributed by atoms with Crippen LogP contribution in [0.25, 0.3) is 11.3 Å². The van der Waals surface area contributed by atoms with E-state index < -0.39 is 0 Å². The molecule has 0 fully saturated rings. The van der Waals surface area contributed by atoms with Gasteiger partial charge in [0, 0.05) is 11.3 Å². The number of aromatic nitrogens is 2. The van der Waals surface area contributed by atoms with Crippen LogP contribution >= 0.6 is 23.2 Å². The molecule has 3 rings (SSSR count). The van der Waals surface area contributed by atoms with Crippen LogP contribution in [-0.4, -0.2) is 40.6 Å². The van der Waals surface area contributed by atoms with Crippen LogP contribution in [0.15, 0.2) is 48.5 Å². The molecule has 1 atom stereocenters. The molecule has 0 bridgehead atoms. The fourth-order valence-electron chi connectivity index (χ4n) is 3.01. The molecular weight excluding hydrogens is 426 g/mol. The number of benzene rings is 2. The van der Waals surface area contributed by atoms with Gasteiger partial charge in [0.1, 0.15) is 5.82 Å². The third-order valence-electron chi connectivity index (χ3n) is 4.98. The normalized spacial score (nSPS) is 12.2. The highest BCUT2D eigenvalue weighted by molar-refractivity contribution is 6.44. The minimum absolute atomic E-state index is 0.151. The van der Waals surface area contributed by atoms with Gasteiger partial charge in [-0.1, -0.05) is 29.3 Å². The Balaban J connectivity index is 1.49. The third-order valence-corrected chi connectivity index (χ3v) is 5.80. The molecule has 30 heavy (non-hydrogen) atoms. The Hall–Kier alpha value is -2.41. The Morgan fingerprint density at radius 1 is 1.23 bits per heavy atom. The van der Waals surface area contributed by atoms with Crippen molar-refractivity contribution >= 4 is 34.8 Å². The summed E-state index contributed by atoms with van der Waals surface area (Å²) in [5, 5.41) is 10.9. The standard InChI is InChI=1S/C22H23Cl2FN4O/c1-14(22(30)26-19-7-3-6-18(23)21(19)24)29(2)12-4-5-17-13-20(28-27-17)15-8-10-16(25)11-9-15/h3,6-11,13-14H,4-5,12H2,1-2H3,(H,26,30)(H,27,28). The molecule has 0 aliphatic carbocycles. The predicted octanol–water partition coefficient (Wildman–Crippen LogP) is 5.41. The lowest BCUT2D eigenvalue weighted by atomic mass is 10.1. The summed E-state index contributed by atoms with van der Waals surface area (Å²) in [6.07, 6.45) is 1.63. The van der Waals surface area contributed by atoms with Gasteiger partial charge in [0.15, 0.2) is 0 Å². The summed E-state index contributed by atoms with van der Waals surface area (Å²) in [6, 6.07) is 13.0. The van der Waals surface area contributed by atoms with Gasteiger partial charge in [-0.2, -0.15) is 5.10 Å². The number of carbonyl (C=O) groups excluding carboxylic acids is 1. The molecular formula is C22H23Cl2FN4O. The van der Waals surface area contributed by atoms with Crippen LogP contribution in [0.5, 0.6) is 0 Å². The highest BCUT2D eigenvalue weighted by Gasteiger charge is 2.19. The Morgan fingerprint density at radius 2 is 1.97 bits per heavy atom. The molecule has 1 heterocycles. The number of aromatic amines is 1. The number of nitrogens with zero attached hydrogens (tertiary/aromatic N) is 2. The van der Waals surface area contributed by atoms with Crippen molar-refractivity contribution < 1.29 is 9.18 Å². The van der Waals surface area contributed by atoms with Gasteiger partial charge >= 0.3 is 0 Å². The second-order valence-electron chi connectivity index (χ2n) is 7.14. The first-order valence-corrected chi connectivity index (χ1v) is 10.4. The van der Waals surface area contributed by atoms with Crippen molar-refractivity contribution in [2.45, 2.75) is 25.8 Å². The number of halogens is 3. The molecule has 1 unspecified atom stereocenters. The molecule has 0 radical (unpaired) electrons. The molecule has 1 aromatic heterocycles. The van der Waals surface area contributed by atoms with E-state index in [1.165, 1.54) is 12.1 Å². The Morgan fingerprint density at radius 3 is 2.70 bits per heavy atom. The zero-order valence-electron chi connectivity index (χ0n) is 16.8. The van der Waals surface area contributed by atoms with E-state index in [9.17, 15) is 9.18 Å². The van der Waals surface area contributed by atoms with E-state index in [0.29, 0.717) is 15.7 Å². The van der Waals surface area contributed by atoms with Crippen LogP contribution in [0, 0.1) is 5.82 Å². The fourth-order valence-corrected chi connectivity index (χ4v) is 3.36. The molecule has 0 saturated carbocycles. The SMILES string of the molecule is CC(C(=O)Nc1cccc(Cl)c1Cl)N(C)CCCc1cc(-c2ccc(F)cc2)n[nH]1. The first-order valence-electron chi connectivity index (χ1n) is 9.60. The Kier molecular flexibility index (Phi) is 7.48. The number of carbonyl (C=O) groups is 1. The molecule has 0 aliphatic heterocycles. The number of aryl methyl sites for hydroxylation is 1. The third kappa shape index (κ3) is 5.59. The average Bonchev–Trinajstić information content (AvgIpc) is 3.20. The molecule has 5 nitrogen and oxygen atoms in total. The van der Waals surface area contributed by atoms with Gasteiger partial charge in [0.2, 0.25) is 5.91 Å². The zero-order valence-corrected chi connectivity index (χ0v) is 18.3. The Labute approximate surface area is 185 Å². The smallest absolute Gasteiger partial charge is 0.241 e. The molecule has 0 saturated heterocycles. The van der Waals surface area contributed by atoms with Crippen LogP contribution in [0.4, 0.5) is 10.1 Å². The summed E-state index contributed by atoms with van der Waals surface area (Å²) < 4.78 is 13.1. The number of rotatable bonds is 8. The monoisotopic (exact) mass is 448 g/mol. The van der Waals surface area contributed by atoms with Gasteiger partial charge in [-0.05, 0) is 75.8 Å². The number of anilines is 1. The summed E-state index contributed by atoms with van der Waals surface area (Å²) in [7, 11) is 1.90. The van der Waals surface area contributed by atoms with Gasteiger partial charge in [0.05, 0.1) is 27.5 Å². The first kappa shape index (κ1) is 22.3. The lowest BCUT2D eigenvalue weighted by molar-refractivity contribution is -0.120. The van der Waals surface area contributed by atoms with Crippen LogP contribution < -0.4 is 5.32 Å². The van der Waals surface area contributed by atoms with Crippen molar-refractivity contribution in [3.05, 3.63) is 70.1 Å². The molecule has 158 valence electrons. The van der Waals surface area contributed by atoms with E-state index in [0.717, 1.165) is 36.3 Å². The number of likely N-dealkylation sites (N-methyl/N-ethyl adjacent to an activating group) is 1. The molecule has 1 amide bonds. The maximum absolute atomic E-state index is 13.1. The van der Waals surface area contributed by atoms with Gasteiger partial charge < -0.3 is 5.32 Å². The van der Waals surface area contributed by atoms with Crippen molar-refractivity contribution in [1.29, 1.82) is 0 Å². The van der Waals surface area contributed by atoms with E-state index in [-0.39, 0.29) is 17.8 Å².